The molecule has 0 atom stereocenters. The van der Waals surface area contributed by atoms with E-state index in [1.807, 2.05) is 54.6 Å². The normalized spacial score (nSPS) is 10.3. The summed E-state index contributed by atoms with van der Waals surface area (Å²) >= 11 is 0. The number of aromatic nitrogens is 2. The van der Waals surface area contributed by atoms with Crippen LogP contribution >= 0.6 is 0 Å². The van der Waals surface area contributed by atoms with E-state index in [0.717, 1.165) is 17.0 Å². The number of benzene rings is 2. The van der Waals surface area contributed by atoms with E-state index in [1.165, 1.54) is 0 Å². The Labute approximate surface area is 158 Å². The van der Waals surface area contributed by atoms with Gasteiger partial charge in [0, 0.05) is 11.3 Å². The molecule has 1 N–H and O–H groups in total. The van der Waals surface area contributed by atoms with Crippen molar-refractivity contribution in [2.75, 3.05) is 19.0 Å². The van der Waals surface area contributed by atoms with Crippen molar-refractivity contribution in [1.82, 2.24) is 9.97 Å². The predicted octanol–water partition coefficient (Wildman–Crippen LogP) is 4.38. The van der Waals surface area contributed by atoms with E-state index in [4.69, 9.17) is 9.47 Å². The van der Waals surface area contributed by atoms with Gasteiger partial charge in [0.05, 0.1) is 25.1 Å². The van der Waals surface area contributed by atoms with Gasteiger partial charge in [-0.25, -0.2) is 14.8 Å². The largest absolute Gasteiger partial charge is 0.497 e. The summed E-state index contributed by atoms with van der Waals surface area (Å²) in [4.78, 5) is 21.5. The Balaban J connectivity index is 2.08. The zero-order valence-corrected chi connectivity index (χ0v) is 15.5. The first-order valence-corrected chi connectivity index (χ1v) is 8.64. The Morgan fingerprint density at radius 1 is 1.04 bits per heavy atom. The molecule has 3 aromatic rings. The number of rotatable bonds is 6. The summed E-state index contributed by atoms with van der Waals surface area (Å²) in [6.45, 7) is 3.83. The van der Waals surface area contributed by atoms with E-state index in [-0.39, 0.29) is 6.61 Å². The number of esters is 1. The highest BCUT2D eigenvalue weighted by molar-refractivity contribution is 5.97. The van der Waals surface area contributed by atoms with Crippen LogP contribution < -0.4 is 10.1 Å². The number of anilines is 2. The molecule has 0 spiro atoms. The molecule has 0 unspecified atom stereocenters. The van der Waals surface area contributed by atoms with Crippen molar-refractivity contribution in [2.45, 2.75) is 13.8 Å². The van der Waals surface area contributed by atoms with Gasteiger partial charge in [0.2, 0.25) is 5.95 Å². The molecule has 1 heterocycles. The highest BCUT2D eigenvalue weighted by atomic mass is 16.5. The molecule has 0 fully saturated rings. The van der Waals surface area contributed by atoms with Crippen LogP contribution in [0.4, 0.5) is 11.6 Å². The molecule has 1 aromatic heterocycles. The molecule has 0 bridgehead atoms. The van der Waals surface area contributed by atoms with Gasteiger partial charge in [0.25, 0.3) is 0 Å². The number of hydrogen-bond donors (Lipinski definition) is 1. The van der Waals surface area contributed by atoms with Gasteiger partial charge < -0.3 is 14.8 Å². The molecule has 0 saturated heterocycles. The number of carbonyl (C=O) groups is 1. The van der Waals surface area contributed by atoms with E-state index in [2.05, 4.69) is 15.3 Å². The van der Waals surface area contributed by atoms with Crippen molar-refractivity contribution in [3.8, 4) is 17.0 Å². The lowest BCUT2D eigenvalue weighted by molar-refractivity contribution is 0.0525. The number of aryl methyl sites for hydroxylation is 1. The first kappa shape index (κ1) is 18.4. The third-order valence-corrected chi connectivity index (χ3v) is 3.96. The van der Waals surface area contributed by atoms with Crippen LogP contribution in [0.25, 0.3) is 11.3 Å². The second-order valence-electron chi connectivity index (χ2n) is 5.80. The molecule has 0 saturated carbocycles. The van der Waals surface area contributed by atoms with Crippen molar-refractivity contribution in [3.63, 3.8) is 0 Å². The monoisotopic (exact) mass is 363 g/mol. The molecule has 0 aliphatic heterocycles. The van der Waals surface area contributed by atoms with Gasteiger partial charge in [-0.15, -0.1) is 0 Å². The van der Waals surface area contributed by atoms with Crippen molar-refractivity contribution < 1.29 is 14.3 Å². The molecule has 3 rings (SSSR count). The standard InChI is InChI=1S/C21H21N3O3/c1-4-27-20(25)18-14(2)22-21(23-16-8-6-5-7-9-16)24-19(18)15-10-12-17(26-3)13-11-15/h5-13H,4H2,1-3H3,(H,22,23,24). The molecule has 6 nitrogen and oxygen atoms in total. The number of hydrogen-bond acceptors (Lipinski definition) is 6. The van der Waals surface area contributed by atoms with E-state index in [1.54, 1.807) is 21.0 Å². The number of nitrogens with one attached hydrogen (secondary N) is 1. The molecular weight excluding hydrogens is 342 g/mol. The fraction of sp³-hybridized carbons (Fsp3) is 0.190. The molecule has 2 aromatic carbocycles. The lowest BCUT2D eigenvalue weighted by atomic mass is 10.0. The minimum absolute atomic E-state index is 0.282. The van der Waals surface area contributed by atoms with Crippen molar-refractivity contribution in [2.24, 2.45) is 0 Å². The van der Waals surface area contributed by atoms with Crippen LogP contribution in [0.2, 0.25) is 0 Å². The van der Waals surface area contributed by atoms with Gasteiger partial charge in [-0.1, -0.05) is 18.2 Å². The van der Waals surface area contributed by atoms with Gasteiger partial charge in [0.15, 0.2) is 0 Å². The highest BCUT2D eigenvalue weighted by Crippen LogP contribution is 2.28. The Morgan fingerprint density at radius 2 is 1.74 bits per heavy atom. The van der Waals surface area contributed by atoms with E-state index >= 15 is 0 Å². The number of para-hydroxylation sites is 1. The van der Waals surface area contributed by atoms with Crippen molar-refractivity contribution in [1.29, 1.82) is 0 Å². The van der Waals surface area contributed by atoms with Gasteiger partial charge in [0.1, 0.15) is 11.3 Å². The lowest BCUT2D eigenvalue weighted by Crippen LogP contribution is -2.13. The summed E-state index contributed by atoms with van der Waals surface area (Å²) in [5, 5.41) is 3.18. The summed E-state index contributed by atoms with van der Waals surface area (Å²) < 4.78 is 10.4. The maximum Gasteiger partial charge on any atom is 0.342 e. The summed E-state index contributed by atoms with van der Waals surface area (Å²) in [5.41, 5.74) is 3.07. The van der Waals surface area contributed by atoms with E-state index in [9.17, 15) is 4.79 Å². The van der Waals surface area contributed by atoms with Crippen LogP contribution in [0.15, 0.2) is 54.6 Å². The van der Waals surface area contributed by atoms with Gasteiger partial charge in [-0.2, -0.15) is 0 Å². The quantitative estimate of drug-likeness (QED) is 0.655. The lowest BCUT2D eigenvalue weighted by Gasteiger charge is -2.14. The Morgan fingerprint density at radius 3 is 2.37 bits per heavy atom. The fourth-order valence-corrected chi connectivity index (χ4v) is 2.68. The maximum atomic E-state index is 12.5. The summed E-state index contributed by atoms with van der Waals surface area (Å²) in [6, 6.07) is 17.0. The SMILES string of the molecule is CCOC(=O)c1c(C)nc(Nc2ccccc2)nc1-c1ccc(OC)cc1. The van der Waals surface area contributed by atoms with E-state index in [0.29, 0.717) is 22.9 Å². The summed E-state index contributed by atoms with van der Waals surface area (Å²) in [6.07, 6.45) is 0. The number of carbonyl (C=O) groups excluding carboxylic acids is 1. The molecule has 0 aliphatic carbocycles. The number of nitrogens with zero attached hydrogens (tertiary/aromatic N) is 2. The van der Waals surface area contributed by atoms with Crippen molar-refractivity contribution >= 4 is 17.6 Å². The first-order valence-electron chi connectivity index (χ1n) is 8.64. The second kappa shape index (κ2) is 8.31. The van der Waals surface area contributed by atoms with Gasteiger partial charge in [-0.05, 0) is 50.2 Å². The minimum Gasteiger partial charge on any atom is -0.497 e. The Bertz CT molecular complexity index is 925. The minimum atomic E-state index is -0.438. The molecule has 27 heavy (non-hydrogen) atoms. The van der Waals surface area contributed by atoms with Gasteiger partial charge in [-0.3, -0.25) is 0 Å². The zero-order chi connectivity index (χ0) is 19.2. The second-order valence-corrected chi connectivity index (χ2v) is 5.80. The maximum absolute atomic E-state index is 12.5. The Kier molecular flexibility index (Phi) is 5.66. The van der Waals surface area contributed by atoms with Gasteiger partial charge >= 0.3 is 5.97 Å². The third kappa shape index (κ3) is 4.23. The van der Waals surface area contributed by atoms with Crippen molar-refractivity contribution in [3.05, 3.63) is 65.9 Å². The smallest absolute Gasteiger partial charge is 0.342 e. The van der Waals surface area contributed by atoms with Crippen LogP contribution in [0, 0.1) is 6.92 Å². The van der Waals surface area contributed by atoms with Crippen LogP contribution in [-0.4, -0.2) is 29.7 Å². The summed E-state index contributed by atoms with van der Waals surface area (Å²) in [5.74, 6) is 0.703. The zero-order valence-electron chi connectivity index (χ0n) is 15.5. The highest BCUT2D eigenvalue weighted by Gasteiger charge is 2.21. The van der Waals surface area contributed by atoms with Crippen LogP contribution in [0.5, 0.6) is 5.75 Å². The molecule has 0 aliphatic rings. The van der Waals surface area contributed by atoms with Crippen LogP contribution in [-0.2, 0) is 4.74 Å². The predicted molar refractivity (Wildman–Crippen MR) is 104 cm³/mol. The average Bonchev–Trinajstić information content (AvgIpc) is 2.68. The molecule has 0 amide bonds. The van der Waals surface area contributed by atoms with Crippen LogP contribution in [0.3, 0.4) is 0 Å². The average molecular weight is 363 g/mol. The van der Waals surface area contributed by atoms with E-state index < -0.39 is 5.97 Å². The third-order valence-electron chi connectivity index (χ3n) is 3.96. The molecule has 0 radical (unpaired) electrons. The summed E-state index contributed by atoms with van der Waals surface area (Å²) in [7, 11) is 1.61. The first-order chi connectivity index (χ1) is 13.1. The molecular formula is C21H21N3O3. The fourth-order valence-electron chi connectivity index (χ4n) is 2.68. The molecule has 138 valence electrons. The Hall–Kier alpha value is -3.41. The topological polar surface area (TPSA) is 73.3 Å². The number of methoxy groups -OCH3 is 1. The molecule has 6 heteroatoms. The van der Waals surface area contributed by atoms with Crippen LogP contribution in [0.1, 0.15) is 23.0 Å². The number of ether oxygens (including phenoxy) is 2.